The summed E-state index contributed by atoms with van der Waals surface area (Å²) in [4.78, 5) is 25.6. The lowest BCUT2D eigenvalue weighted by atomic mass is 10.0. The number of aliphatic hydroxyl groups excluding tert-OH is 5. The van der Waals surface area contributed by atoms with Gasteiger partial charge in [0.15, 0.2) is 0 Å². The molecular weight excluding hydrogens is 464 g/mol. The van der Waals surface area contributed by atoms with Gasteiger partial charge in [-0.25, -0.2) is 0 Å². The molecule has 0 aliphatic carbocycles. The van der Waals surface area contributed by atoms with Gasteiger partial charge in [-0.3, -0.25) is 9.59 Å². The molecule has 0 aliphatic rings. The molecule has 4 atom stereocenters. The number of carbonyl (C=O) groups excluding carboxylic acids is 2. The van der Waals surface area contributed by atoms with Gasteiger partial charge in [-0.1, -0.05) is 96.8 Å². The van der Waals surface area contributed by atoms with Crippen LogP contribution in [0.2, 0.25) is 0 Å². The molecule has 214 valence electrons. The fourth-order valence-corrected chi connectivity index (χ4v) is 4.10. The Labute approximate surface area is 218 Å². The summed E-state index contributed by atoms with van der Waals surface area (Å²) < 4.78 is 0. The molecule has 0 spiro atoms. The summed E-state index contributed by atoms with van der Waals surface area (Å²) in [6, 6.07) is 0. The third-order valence-electron chi connectivity index (χ3n) is 6.63. The van der Waals surface area contributed by atoms with Crippen LogP contribution in [0.25, 0.3) is 0 Å². The van der Waals surface area contributed by atoms with Crippen molar-refractivity contribution in [3.05, 3.63) is 0 Å². The van der Waals surface area contributed by atoms with Gasteiger partial charge in [-0.15, -0.1) is 0 Å². The van der Waals surface area contributed by atoms with Crippen molar-refractivity contribution >= 4 is 11.8 Å². The van der Waals surface area contributed by atoms with E-state index >= 15 is 0 Å². The van der Waals surface area contributed by atoms with Crippen molar-refractivity contribution in [3.63, 3.8) is 0 Å². The molecule has 0 saturated heterocycles. The predicted molar refractivity (Wildman–Crippen MR) is 141 cm³/mol. The van der Waals surface area contributed by atoms with Crippen molar-refractivity contribution in [2.45, 2.75) is 134 Å². The maximum atomic E-state index is 12.2. The highest BCUT2D eigenvalue weighted by Crippen LogP contribution is 2.14. The molecule has 0 aliphatic heterocycles. The zero-order valence-corrected chi connectivity index (χ0v) is 22.7. The van der Waals surface area contributed by atoms with Gasteiger partial charge >= 0.3 is 0 Å². The van der Waals surface area contributed by atoms with Crippen LogP contribution in [-0.2, 0) is 9.59 Å². The molecule has 0 heterocycles. The zero-order valence-electron chi connectivity index (χ0n) is 22.7. The van der Waals surface area contributed by atoms with Gasteiger partial charge < -0.3 is 35.7 Å². The van der Waals surface area contributed by atoms with E-state index in [0.29, 0.717) is 6.42 Å². The van der Waals surface area contributed by atoms with Gasteiger partial charge in [-0.2, -0.15) is 0 Å². The molecule has 36 heavy (non-hydrogen) atoms. The third-order valence-corrected chi connectivity index (χ3v) is 6.63. The number of hydrogen-bond donors (Lipinski definition) is 6. The molecule has 0 unspecified atom stereocenters. The number of aliphatic hydroxyl groups is 5. The second-order valence-corrected chi connectivity index (χ2v) is 10.1. The molecule has 9 heteroatoms. The number of rotatable bonds is 24. The molecule has 0 aromatic heterocycles. The smallest absolute Gasteiger partial charge is 0.239 e. The molecule has 0 saturated carbocycles. The second kappa shape index (κ2) is 22.9. The molecule has 6 N–H and O–H groups in total. The molecule has 0 aromatic carbocycles. The highest BCUT2D eigenvalue weighted by atomic mass is 16.4. The predicted octanol–water partition coefficient (Wildman–Crippen LogP) is 2.26. The van der Waals surface area contributed by atoms with Crippen molar-refractivity contribution in [2.75, 3.05) is 26.7 Å². The van der Waals surface area contributed by atoms with Gasteiger partial charge in [0.2, 0.25) is 11.8 Å². The van der Waals surface area contributed by atoms with E-state index in [1.165, 1.54) is 81.9 Å². The lowest BCUT2D eigenvalue weighted by Crippen LogP contribution is -2.50. The summed E-state index contributed by atoms with van der Waals surface area (Å²) in [6.45, 7) is 0.932. The number of nitrogens with one attached hydrogen (secondary N) is 1. The first-order chi connectivity index (χ1) is 17.2. The number of amides is 2. The largest absolute Gasteiger partial charge is 0.394 e. The number of hydrogen-bond acceptors (Lipinski definition) is 7. The van der Waals surface area contributed by atoms with E-state index in [2.05, 4.69) is 12.2 Å². The maximum Gasteiger partial charge on any atom is 0.239 e. The topological polar surface area (TPSA) is 151 Å². The molecule has 0 radical (unpaired) electrons. The van der Waals surface area contributed by atoms with E-state index in [-0.39, 0.29) is 19.0 Å². The van der Waals surface area contributed by atoms with Crippen LogP contribution >= 0.6 is 0 Å². The quantitative estimate of drug-likeness (QED) is 0.107. The molecule has 0 aromatic rings. The van der Waals surface area contributed by atoms with Crippen LogP contribution in [0.5, 0.6) is 0 Å². The van der Waals surface area contributed by atoms with Crippen LogP contribution in [-0.4, -0.2) is 93.4 Å². The number of nitrogens with zero attached hydrogens (tertiary/aromatic N) is 1. The minimum atomic E-state index is -1.75. The molecule has 0 bridgehead atoms. The first-order valence-electron chi connectivity index (χ1n) is 14.1. The van der Waals surface area contributed by atoms with E-state index < -0.39 is 36.9 Å². The first kappa shape index (κ1) is 34.7. The Hall–Kier alpha value is -1.26. The van der Waals surface area contributed by atoms with Crippen LogP contribution in [0.1, 0.15) is 110 Å². The van der Waals surface area contributed by atoms with Gasteiger partial charge in [0.25, 0.3) is 0 Å². The number of likely N-dealkylation sites (N-methyl/N-ethyl adjacent to an activating group) is 1. The fourth-order valence-electron chi connectivity index (χ4n) is 4.10. The summed E-state index contributed by atoms with van der Waals surface area (Å²) in [7, 11) is 1.54. The highest BCUT2D eigenvalue weighted by molar-refractivity contribution is 5.84. The molecule has 0 fully saturated rings. The zero-order chi connectivity index (χ0) is 27.2. The van der Waals surface area contributed by atoms with E-state index in [1.807, 2.05) is 0 Å². The van der Waals surface area contributed by atoms with E-state index in [4.69, 9.17) is 5.11 Å². The third kappa shape index (κ3) is 18.1. The molecule has 9 nitrogen and oxygen atoms in total. The van der Waals surface area contributed by atoms with Crippen LogP contribution in [0.4, 0.5) is 0 Å². The molecule has 2 amide bonds. The van der Waals surface area contributed by atoms with Crippen molar-refractivity contribution in [2.24, 2.45) is 0 Å². The SMILES string of the molecule is CCCCCCCCCCCCCCCCCC(=O)N(C)CC(=O)NC[C@H](O)[C@@H](O)[C@H](O)[C@H](O)CO. The minimum Gasteiger partial charge on any atom is -0.394 e. The summed E-state index contributed by atoms with van der Waals surface area (Å²) in [5.41, 5.74) is 0. The Morgan fingerprint density at radius 2 is 1.11 bits per heavy atom. The summed E-state index contributed by atoms with van der Waals surface area (Å²) >= 11 is 0. The van der Waals surface area contributed by atoms with Crippen molar-refractivity contribution in [1.29, 1.82) is 0 Å². The average Bonchev–Trinajstić information content (AvgIpc) is 2.87. The van der Waals surface area contributed by atoms with Gasteiger partial charge in [0.05, 0.1) is 19.3 Å². The van der Waals surface area contributed by atoms with E-state index in [0.717, 1.165) is 19.3 Å². The normalized spacial score (nSPS) is 14.8. The van der Waals surface area contributed by atoms with Crippen molar-refractivity contribution in [1.82, 2.24) is 10.2 Å². The Bertz CT molecular complexity index is 550. The summed E-state index contributed by atoms with van der Waals surface area (Å²) in [5.74, 6) is -0.632. The average molecular weight is 519 g/mol. The van der Waals surface area contributed by atoms with Crippen molar-refractivity contribution < 1.29 is 35.1 Å². The Balaban J connectivity index is 3.72. The monoisotopic (exact) mass is 518 g/mol. The lowest BCUT2D eigenvalue weighted by molar-refractivity contribution is -0.135. The van der Waals surface area contributed by atoms with Gasteiger partial charge in [0, 0.05) is 20.0 Å². The Morgan fingerprint density at radius 1 is 0.694 bits per heavy atom. The van der Waals surface area contributed by atoms with Crippen molar-refractivity contribution in [3.8, 4) is 0 Å². The molecule has 0 rings (SSSR count). The van der Waals surface area contributed by atoms with Crippen LogP contribution < -0.4 is 5.32 Å². The van der Waals surface area contributed by atoms with Gasteiger partial charge in [-0.05, 0) is 6.42 Å². The number of carbonyl (C=O) groups is 2. The standard InChI is InChI=1S/C27H54N2O7/c1-3-4-5-6-7-8-9-10-11-12-13-14-15-16-17-18-25(34)29(2)20-24(33)28-19-22(31)26(35)27(36)23(32)21-30/h22-23,26-27,30-32,35-36H,3-21H2,1-2H3,(H,28,33)/t22-,23+,26+,27+/m0/s1. The lowest BCUT2D eigenvalue weighted by Gasteiger charge is -2.26. The summed E-state index contributed by atoms with van der Waals surface area (Å²) in [6.07, 6.45) is 12.6. The first-order valence-corrected chi connectivity index (χ1v) is 14.1. The number of unbranched alkanes of at least 4 members (excludes halogenated alkanes) is 14. The van der Waals surface area contributed by atoms with E-state index in [9.17, 15) is 30.0 Å². The second-order valence-electron chi connectivity index (χ2n) is 10.1. The van der Waals surface area contributed by atoms with Crippen LogP contribution in [0.15, 0.2) is 0 Å². The highest BCUT2D eigenvalue weighted by Gasteiger charge is 2.30. The Kier molecular flexibility index (Phi) is 22.1. The minimum absolute atomic E-state index is 0.123. The Morgan fingerprint density at radius 3 is 1.56 bits per heavy atom. The van der Waals surface area contributed by atoms with Gasteiger partial charge in [0.1, 0.15) is 18.3 Å². The van der Waals surface area contributed by atoms with E-state index in [1.54, 1.807) is 7.05 Å². The van der Waals surface area contributed by atoms with Crippen LogP contribution in [0, 0.1) is 0 Å². The molecular formula is C27H54N2O7. The summed E-state index contributed by atoms with van der Waals surface area (Å²) in [5, 5.41) is 49.6. The maximum absolute atomic E-state index is 12.2. The fraction of sp³-hybridized carbons (Fsp3) is 0.926. The van der Waals surface area contributed by atoms with Crippen LogP contribution in [0.3, 0.4) is 0 Å².